The lowest BCUT2D eigenvalue weighted by atomic mass is 10.3. The molecule has 0 saturated heterocycles. The van der Waals surface area contributed by atoms with E-state index in [1.807, 2.05) is 13.0 Å². The number of nitrogens with two attached hydrogens (primary N) is 1. The third kappa shape index (κ3) is 3.56. The van der Waals surface area contributed by atoms with Crippen molar-refractivity contribution in [2.75, 3.05) is 13.2 Å². The lowest BCUT2D eigenvalue weighted by molar-refractivity contribution is 0.267. The zero-order chi connectivity index (χ0) is 7.11. The summed E-state index contributed by atoms with van der Waals surface area (Å²) in [7, 11) is 0. The first-order valence-electron chi connectivity index (χ1n) is 2.76. The summed E-state index contributed by atoms with van der Waals surface area (Å²) in [4.78, 5) is 0. The molecule has 3 nitrogen and oxygen atoms in total. The van der Waals surface area contributed by atoms with E-state index < -0.39 is 0 Å². The van der Waals surface area contributed by atoms with E-state index in [4.69, 9.17) is 15.7 Å². The van der Waals surface area contributed by atoms with Gasteiger partial charge in [-0.25, -0.2) is 0 Å². The van der Waals surface area contributed by atoms with Gasteiger partial charge in [-0.3, -0.25) is 0 Å². The second kappa shape index (κ2) is 5.13. The van der Waals surface area contributed by atoms with Crippen molar-refractivity contribution < 1.29 is 4.74 Å². The number of nitrogens with zero attached hydrogens (tertiary/aromatic N) is 1. The van der Waals surface area contributed by atoms with Crippen LogP contribution in [-0.2, 0) is 4.74 Å². The summed E-state index contributed by atoms with van der Waals surface area (Å²) in [6, 6.07) is 1.90. The van der Waals surface area contributed by atoms with Crippen LogP contribution in [0.4, 0.5) is 0 Å². The Morgan fingerprint density at radius 3 is 2.89 bits per heavy atom. The van der Waals surface area contributed by atoms with Crippen LogP contribution < -0.4 is 5.73 Å². The molecule has 0 spiro atoms. The third-order valence-electron chi connectivity index (χ3n) is 0.756. The second-order valence-corrected chi connectivity index (χ2v) is 1.41. The van der Waals surface area contributed by atoms with Crippen LogP contribution in [0.1, 0.15) is 6.92 Å². The average molecular weight is 126 g/mol. The second-order valence-electron chi connectivity index (χ2n) is 1.41. The van der Waals surface area contributed by atoms with Gasteiger partial charge in [0, 0.05) is 6.54 Å². The smallest absolute Gasteiger partial charge is 0.0993 e. The van der Waals surface area contributed by atoms with Crippen LogP contribution in [0.2, 0.25) is 0 Å². The van der Waals surface area contributed by atoms with E-state index in [2.05, 4.69) is 0 Å². The number of rotatable bonds is 3. The Balaban J connectivity index is 3.66. The molecule has 0 radical (unpaired) electrons. The van der Waals surface area contributed by atoms with Gasteiger partial charge >= 0.3 is 0 Å². The molecule has 0 unspecified atom stereocenters. The van der Waals surface area contributed by atoms with Crippen LogP contribution >= 0.6 is 0 Å². The quantitative estimate of drug-likeness (QED) is 0.439. The molecular weight excluding hydrogens is 116 g/mol. The highest BCUT2D eigenvalue weighted by Crippen LogP contribution is 1.87. The van der Waals surface area contributed by atoms with Gasteiger partial charge in [0.2, 0.25) is 0 Å². The van der Waals surface area contributed by atoms with E-state index >= 15 is 0 Å². The van der Waals surface area contributed by atoms with Gasteiger partial charge in [-0.15, -0.1) is 0 Å². The van der Waals surface area contributed by atoms with E-state index in [0.717, 1.165) is 0 Å². The molecule has 3 heteroatoms. The number of ether oxygens (including phenoxy) is 1. The average Bonchev–Trinajstić information content (AvgIpc) is 1.91. The highest BCUT2D eigenvalue weighted by Gasteiger charge is 1.87. The van der Waals surface area contributed by atoms with Crippen LogP contribution in [0.5, 0.6) is 0 Å². The molecule has 0 aliphatic rings. The van der Waals surface area contributed by atoms with Crippen LogP contribution in [0, 0.1) is 11.3 Å². The highest BCUT2D eigenvalue weighted by molar-refractivity contribution is 5.19. The summed E-state index contributed by atoms with van der Waals surface area (Å²) in [5, 5.41) is 8.27. The summed E-state index contributed by atoms with van der Waals surface area (Å²) in [6.07, 6.45) is 1.39. The van der Waals surface area contributed by atoms with Crippen molar-refractivity contribution in [3.05, 3.63) is 11.8 Å². The normalized spacial score (nSPS) is 10.6. The van der Waals surface area contributed by atoms with Crippen molar-refractivity contribution in [2.45, 2.75) is 6.92 Å². The first-order valence-corrected chi connectivity index (χ1v) is 2.76. The Bertz CT molecular complexity index is 134. The molecule has 0 fully saturated rings. The van der Waals surface area contributed by atoms with E-state index in [1.165, 1.54) is 6.26 Å². The molecule has 0 aromatic carbocycles. The summed E-state index contributed by atoms with van der Waals surface area (Å²) in [6.45, 7) is 2.67. The van der Waals surface area contributed by atoms with Crippen molar-refractivity contribution in [3.63, 3.8) is 0 Å². The Morgan fingerprint density at radius 1 is 1.89 bits per heavy atom. The Kier molecular flexibility index (Phi) is 4.56. The molecule has 50 valence electrons. The van der Waals surface area contributed by atoms with Crippen molar-refractivity contribution in [2.24, 2.45) is 5.73 Å². The first kappa shape index (κ1) is 7.99. The van der Waals surface area contributed by atoms with Gasteiger partial charge in [0.05, 0.1) is 24.5 Å². The topological polar surface area (TPSA) is 59.0 Å². The molecule has 0 heterocycles. The summed E-state index contributed by atoms with van der Waals surface area (Å²) >= 11 is 0. The van der Waals surface area contributed by atoms with E-state index in [1.54, 1.807) is 0 Å². The van der Waals surface area contributed by atoms with Crippen LogP contribution in [0.3, 0.4) is 0 Å². The van der Waals surface area contributed by atoms with Gasteiger partial charge in [-0.1, -0.05) is 0 Å². The summed E-state index contributed by atoms with van der Waals surface area (Å²) in [5.74, 6) is 0. The molecule has 0 aliphatic heterocycles. The van der Waals surface area contributed by atoms with Gasteiger partial charge < -0.3 is 10.5 Å². The molecule has 0 rings (SSSR count). The molecule has 0 atom stereocenters. The molecule has 0 bridgehead atoms. The zero-order valence-corrected chi connectivity index (χ0v) is 5.42. The van der Waals surface area contributed by atoms with Gasteiger partial charge in [0.25, 0.3) is 0 Å². The van der Waals surface area contributed by atoms with Crippen molar-refractivity contribution in [1.29, 1.82) is 5.26 Å². The predicted molar refractivity (Wildman–Crippen MR) is 34.4 cm³/mol. The standard InChI is InChI=1S/C6H10N2O/c1-2-9-5-6(3-7)4-8/h5H,2-3,7H2,1H3/b6-5-. The monoisotopic (exact) mass is 126 g/mol. The lowest BCUT2D eigenvalue weighted by Crippen LogP contribution is -2.01. The van der Waals surface area contributed by atoms with Crippen molar-refractivity contribution in [3.8, 4) is 6.07 Å². The largest absolute Gasteiger partial charge is 0.500 e. The van der Waals surface area contributed by atoms with E-state index in [9.17, 15) is 0 Å². The zero-order valence-electron chi connectivity index (χ0n) is 5.42. The molecule has 0 aliphatic carbocycles. The Morgan fingerprint density at radius 2 is 2.56 bits per heavy atom. The maximum absolute atomic E-state index is 8.27. The lowest BCUT2D eigenvalue weighted by Gasteiger charge is -1.93. The van der Waals surface area contributed by atoms with E-state index in [-0.39, 0.29) is 6.54 Å². The van der Waals surface area contributed by atoms with Crippen molar-refractivity contribution in [1.82, 2.24) is 0 Å². The fraction of sp³-hybridized carbons (Fsp3) is 0.500. The van der Waals surface area contributed by atoms with E-state index in [0.29, 0.717) is 12.2 Å². The Labute approximate surface area is 54.7 Å². The molecule has 0 amide bonds. The molecule has 0 aromatic heterocycles. The van der Waals surface area contributed by atoms with Crippen LogP contribution in [0.15, 0.2) is 11.8 Å². The minimum Gasteiger partial charge on any atom is -0.500 e. The highest BCUT2D eigenvalue weighted by atomic mass is 16.5. The third-order valence-corrected chi connectivity index (χ3v) is 0.756. The molecule has 9 heavy (non-hydrogen) atoms. The van der Waals surface area contributed by atoms with Gasteiger partial charge in [0.15, 0.2) is 0 Å². The number of hydrogen-bond donors (Lipinski definition) is 1. The summed E-state index contributed by atoms with van der Waals surface area (Å²) < 4.78 is 4.81. The maximum Gasteiger partial charge on any atom is 0.0993 e. The number of hydrogen-bond acceptors (Lipinski definition) is 3. The molecule has 2 N–H and O–H groups in total. The SMILES string of the molecule is CCO/C=C(\C#N)CN. The fourth-order valence-corrected chi connectivity index (χ4v) is 0.304. The predicted octanol–water partition coefficient (Wildman–Crippen LogP) is 0.389. The summed E-state index contributed by atoms with van der Waals surface area (Å²) in [5.41, 5.74) is 5.62. The van der Waals surface area contributed by atoms with Gasteiger partial charge in [-0.05, 0) is 6.92 Å². The molecule has 0 aromatic rings. The molecular formula is C6H10N2O. The first-order chi connectivity index (χ1) is 4.35. The van der Waals surface area contributed by atoms with Crippen LogP contribution in [-0.4, -0.2) is 13.2 Å². The van der Waals surface area contributed by atoms with Gasteiger partial charge in [-0.2, -0.15) is 5.26 Å². The maximum atomic E-state index is 8.27. The number of nitriles is 1. The van der Waals surface area contributed by atoms with Gasteiger partial charge in [0.1, 0.15) is 0 Å². The molecule has 0 saturated carbocycles. The Hall–Kier alpha value is -1.01. The van der Waals surface area contributed by atoms with Crippen molar-refractivity contribution >= 4 is 0 Å². The minimum atomic E-state index is 0.247. The minimum absolute atomic E-state index is 0.247. The van der Waals surface area contributed by atoms with Crippen LogP contribution in [0.25, 0.3) is 0 Å². The fourth-order valence-electron chi connectivity index (χ4n) is 0.304.